The number of likely N-dealkylation sites (tertiary alicyclic amines) is 1. The van der Waals surface area contributed by atoms with Crippen LogP contribution < -0.4 is 5.73 Å². The number of likely N-dealkylation sites (N-methyl/N-ethyl adjacent to an activating group) is 1. The molecule has 1 unspecified atom stereocenters. The van der Waals surface area contributed by atoms with Crippen molar-refractivity contribution in [3.8, 4) is 0 Å². The summed E-state index contributed by atoms with van der Waals surface area (Å²) in [7, 11) is 3.44. The standard InChI is InChI=1S/C13H25N3O2/c1-5-13(14,6-2)12(18)16-9-7-8-10(16)11(17)15(3)4/h10H,5-9,14H2,1-4H3. The van der Waals surface area contributed by atoms with Crippen LogP contribution in [0.25, 0.3) is 0 Å². The molecule has 0 radical (unpaired) electrons. The molecule has 1 saturated heterocycles. The van der Waals surface area contributed by atoms with Gasteiger partial charge in [0.25, 0.3) is 0 Å². The molecular weight excluding hydrogens is 230 g/mol. The minimum atomic E-state index is -0.824. The van der Waals surface area contributed by atoms with E-state index < -0.39 is 5.54 Å². The van der Waals surface area contributed by atoms with E-state index >= 15 is 0 Å². The summed E-state index contributed by atoms with van der Waals surface area (Å²) in [6.07, 6.45) is 2.81. The van der Waals surface area contributed by atoms with Gasteiger partial charge in [0.05, 0.1) is 5.54 Å². The molecular formula is C13H25N3O2. The van der Waals surface area contributed by atoms with Gasteiger partial charge in [0.15, 0.2) is 0 Å². The Morgan fingerprint density at radius 2 is 1.89 bits per heavy atom. The van der Waals surface area contributed by atoms with Crippen LogP contribution in [0, 0.1) is 0 Å². The van der Waals surface area contributed by atoms with E-state index in [0.29, 0.717) is 19.4 Å². The molecule has 1 aliphatic heterocycles. The Hall–Kier alpha value is -1.10. The number of nitrogens with two attached hydrogens (primary N) is 1. The number of carbonyl (C=O) groups is 2. The molecule has 0 aromatic rings. The van der Waals surface area contributed by atoms with Gasteiger partial charge in [-0.2, -0.15) is 0 Å². The highest BCUT2D eigenvalue weighted by molar-refractivity contribution is 5.92. The predicted molar refractivity (Wildman–Crippen MR) is 70.9 cm³/mol. The summed E-state index contributed by atoms with van der Waals surface area (Å²) in [4.78, 5) is 27.8. The lowest BCUT2D eigenvalue weighted by molar-refractivity contribution is -0.145. The molecule has 5 heteroatoms. The van der Waals surface area contributed by atoms with Crippen molar-refractivity contribution in [2.75, 3.05) is 20.6 Å². The fraction of sp³-hybridized carbons (Fsp3) is 0.846. The summed E-state index contributed by atoms with van der Waals surface area (Å²) in [5, 5.41) is 0. The minimum absolute atomic E-state index is 0.00425. The highest BCUT2D eigenvalue weighted by Crippen LogP contribution is 2.24. The van der Waals surface area contributed by atoms with Crippen molar-refractivity contribution in [2.24, 2.45) is 5.73 Å². The van der Waals surface area contributed by atoms with Crippen molar-refractivity contribution in [1.82, 2.24) is 9.80 Å². The minimum Gasteiger partial charge on any atom is -0.347 e. The Morgan fingerprint density at radius 3 is 2.33 bits per heavy atom. The molecule has 2 N–H and O–H groups in total. The molecule has 1 aliphatic rings. The predicted octanol–water partition coefficient (Wildman–Crippen LogP) is 0.583. The number of hydrogen-bond acceptors (Lipinski definition) is 3. The van der Waals surface area contributed by atoms with Gasteiger partial charge in [0.2, 0.25) is 11.8 Å². The van der Waals surface area contributed by atoms with Crippen LogP contribution in [0.4, 0.5) is 0 Å². The summed E-state index contributed by atoms with van der Waals surface area (Å²) in [5.41, 5.74) is 5.32. The van der Waals surface area contributed by atoms with Crippen LogP contribution in [0.2, 0.25) is 0 Å². The Balaban J connectivity index is 2.88. The summed E-state index contributed by atoms with van der Waals surface area (Å²) < 4.78 is 0. The maximum absolute atomic E-state index is 12.5. The van der Waals surface area contributed by atoms with E-state index in [-0.39, 0.29) is 17.9 Å². The van der Waals surface area contributed by atoms with Crippen LogP contribution in [0.3, 0.4) is 0 Å². The third kappa shape index (κ3) is 2.66. The third-order valence-electron chi connectivity index (χ3n) is 3.93. The van der Waals surface area contributed by atoms with Crippen LogP contribution in [0.5, 0.6) is 0 Å². The Morgan fingerprint density at radius 1 is 1.33 bits per heavy atom. The van der Waals surface area contributed by atoms with Crippen molar-refractivity contribution in [2.45, 2.75) is 51.1 Å². The first-order valence-electron chi connectivity index (χ1n) is 6.68. The maximum atomic E-state index is 12.5. The molecule has 18 heavy (non-hydrogen) atoms. The van der Waals surface area contributed by atoms with Gasteiger partial charge < -0.3 is 15.5 Å². The first-order valence-corrected chi connectivity index (χ1v) is 6.68. The van der Waals surface area contributed by atoms with Gasteiger partial charge >= 0.3 is 0 Å². The zero-order valence-electron chi connectivity index (χ0n) is 11.9. The van der Waals surface area contributed by atoms with Gasteiger partial charge in [-0.15, -0.1) is 0 Å². The first-order chi connectivity index (χ1) is 8.37. The molecule has 104 valence electrons. The lowest BCUT2D eigenvalue weighted by atomic mass is 9.92. The number of amides is 2. The average molecular weight is 255 g/mol. The van der Waals surface area contributed by atoms with Crippen LogP contribution in [0.1, 0.15) is 39.5 Å². The Bertz CT molecular complexity index is 324. The van der Waals surface area contributed by atoms with Crippen molar-refractivity contribution in [3.05, 3.63) is 0 Å². The fourth-order valence-corrected chi connectivity index (χ4v) is 2.40. The zero-order valence-corrected chi connectivity index (χ0v) is 11.9. The third-order valence-corrected chi connectivity index (χ3v) is 3.93. The normalized spacial score (nSPS) is 20.1. The van der Waals surface area contributed by atoms with Crippen molar-refractivity contribution in [3.63, 3.8) is 0 Å². The highest BCUT2D eigenvalue weighted by Gasteiger charge is 2.41. The zero-order chi connectivity index (χ0) is 13.9. The van der Waals surface area contributed by atoms with Gasteiger partial charge in [-0.25, -0.2) is 0 Å². The van der Waals surface area contributed by atoms with Crippen molar-refractivity contribution in [1.29, 1.82) is 0 Å². The molecule has 2 amide bonds. The average Bonchev–Trinajstić information content (AvgIpc) is 2.84. The summed E-state index contributed by atoms with van der Waals surface area (Å²) >= 11 is 0. The van der Waals surface area contributed by atoms with Crippen molar-refractivity contribution >= 4 is 11.8 Å². The lowest BCUT2D eigenvalue weighted by Crippen LogP contribution is -2.58. The van der Waals surface area contributed by atoms with Crippen molar-refractivity contribution < 1.29 is 9.59 Å². The van der Waals surface area contributed by atoms with E-state index in [4.69, 9.17) is 5.73 Å². The fourth-order valence-electron chi connectivity index (χ4n) is 2.40. The molecule has 0 spiro atoms. The number of nitrogens with zero attached hydrogens (tertiary/aromatic N) is 2. The van der Waals surface area contributed by atoms with Gasteiger partial charge in [-0.05, 0) is 25.7 Å². The number of carbonyl (C=O) groups excluding carboxylic acids is 2. The molecule has 0 aliphatic carbocycles. The monoisotopic (exact) mass is 255 g/mol. The molecule has 1 atom stereocenters. The van der Waals surface area contributed by atoms with Crippen LogP contribution in [-0.2, 0) is 9.59 Å². The highest BCUT2D eigenvalue weighted by atomic mass is 16.2. The number of hydrogen-bond donors (Lipinski definition) is 1. The van der Waals surface area contributed by atoms with Gasteiger partial charge in [-0.1, -0.05) is 13.8 Å². The second kappa shape index (κ2) is 5.69. The lowest BCUT2D eigenvalue weighted by Gasteiger charge is -2.34. The van der Waals surface area contributed by atoms with E-state index in [2.05, 4.69) is 0 Å². The summed E-state index contributed by atoms with van der Waals surface area (Å²) in [6.45, 7) is 4.47. The van der Waals surface area contributed by atoms with E-state index in [1.54, 1.807) is 23.9 Å². The van der Waals surface area contributed by atoms with Crippen LogP contribution in [0.15, 0.2) is 0 Å². The smallest absolute Gasteiger partial charge is 0.244 e. The summed E-state index contributed by atoms with van der Waals surface area (Å²) in [6, 6.07) is -0.325. The largest absolute Gasteiger partial charge is 0.347 e. The quantitative estimate of drug-likeness (QED) is 0.799. The molecule has 0 saturated carbocycles. The Labute approximate surface area is 109 Å². The molecule has 5 nitrogen and oxygen atoms in total. The molecule has 1 rings (SSSR count). The van der Waals surface area contributed by atoms with Crippen LogP contribution >= 0.6 is 0 Å². The molecule has 0 bridgehead atoms. The van der Waals surface area contributed by atoms with Gasteiger partial charge in [-0.3, -0.25) is 9.59 Å². The molecule has 1 heterocycles. The van der Waals surface area contributed by atoms with Gasteiger partial charge in [0.1, 0.15) is 6.04 Å². The topological polar surface area (TPSA) is 66.6 Å². The second-order valence-corrected chi connectivity index (χ2v) is 5.25. The Kier molecular flexibility index (Phi) is 4.73. The van der Waals surface area contributed by atoms with Crippen LogP contribution in [-0.4, -0.2) is 53.8 Å². The van der Waals surface area contributed by atoms with Gasteiger partial charge in [0, 0.05) is 20.6 Å². The summed E-state index contributed by atoms with van der Waals surface area (Å²) in [5.74, 6) is -0.0828. The molecule has 0 aromatic heterocycles. The maximum Gasteiger partial charge on any atom is 0.244 e. The SMILES string of the molecule is CCC(N)(CC)C(=O)N1CCCC1C(=O)N(C)C. The van der Waals surface area contributed by atoms with E-state index in [9.17, 15) is 9.59 Å². The van der Waals surface area contributed by atoms with E-state index in [1.165, 1.54) is 0 Å². The molecule has 1 fully saturated rings. The van der Waals surface area contributed by atoms with E-state index in [1.807, 2.05) is 13.8 Å². The molecule has 0 aromatic carbocycles. The number of rotatable bonds is 4. The van der Waals surface area contributed by atoms with E-state index in [0.717, 1.165) is 12.8 Å². The second-order valence-electron chi connectivity index (χ2n) is 5.25. The first kappa shape index (κ1) is 15.0.